The molecule has 0 aliphatic rings. The van der Waals surface area contributed by atoms with E-state index in [9.17, 15) is 9.59 Å². The lowest BCUT2D eigenvalue weighted by Gasteiger charge is -2.08. The Bertz CT molecular complexity index is 141. The monoisotopic (exact) mass is 161 g/mol. The summed E-state index contributed by atoms with van der Waals surface area (Å²) in [5.41, 5.74) is 1.39. The molecule has 0 bridgehead atoms. The van der Waals surface area contributed by atoms with E-state index in [0.29, 0.717) is 6.42 Å². The van der Waals surface area contributed by atoms with Crippen LogP contribution in [0.15, 0.2) is 0 Å². The van der Waals surface area contributed by atoms with Crippen LogP contribution >= 0.6 is 0 Å². The van der Waals surface area contributed by atoms with Gasteiger partial charge >= 0.3 is 5.97 Å². The van der Waals surface area contributed by atoms with Crippen LogP contribution in [0.25, 0.3) is 0 Å². The molecule has 64 valence electrons. The third-order valence-corrected chi connectivity index (χ3v) is 1.32. The van der Waals surface area contributed by atoms with Crippen molar-refractivity contribution >= 4 is 11.9 Å². The highest BCUT2D eigenvalue weighted by Gasteiger charge is 2.24. The number of nitrogens with one attached hydrogen (secondary N) is 1. The Morgan fingerprint density at radius 1 is 1.64 bits per heavy atom. The minimum atomic E-state index is -0.912. The molecule has 0 rings (SSSR count). The highest BCUT2D eigenvalue weighted by atomic mass is 16.5. The molecule has 0 fully saturated rings. The number of hydrogen-bond donors (Lipinski definition) is 2. The molecule has 5 heteroatoms. The highest BCUT2D eigenvalue weighted by Crippen LogP contribution is 2.03. The highest BCUT2D eigenvalue weighted by molar-refractivity contribution is 5.97. The van der Waals surface area contributed by atoms with Gasteiger partial charge in [0, 0.05) is 0 Å². The molecule has 1 amide bonds. The number of amides is 1. The van der Waals surface area contributed by atoms with Crippen LogP contribution in [0.4, 0.5) is 0 Å². The standard InChI is InChI=1S/C6H11NO4/c1-3-4(5(8)7-10)6(9)11-2/h4,10H,3H2,1-2H3,(H,7,8). The maximum Gasteiger partial charge on any atom is 0.318 e. The van der Waals surface area contributed by atoms with Crippen molar-refractivity contribution in [3.8, 4) is 0 Å². The quantitative estimate of drug-likeness (QED) is 0.258. The van der Waals surface area contributed by atoms with Gasteiger partial charge in [0.05, 0.1) is 7.11 Å². The van der Waals surface area contributed by atoms with E-state index in [4.69, 9.17) is 5.21 Å². The molecular formula is C6H11NO4. The van der Waals surface area contributed by atoms with E-state index >= 15 is 0 Å². The van der Waals surface area contributed by atoms with Crippen molar-refractivity contribution < 1.29 is 19.5 Å². The summed E-state index contributed by atoms with van der Waals surface area (Å²) >= 11 is 0. The molecule has 0 aromatic heterocycles. The van der Waals surface area contributed by atoms with Crippen molar-refractivity contribution in [2.75, 3.05) is 7.11 Å². The van der Waals surface area contributed by atoms with Crippen molar-refractivity contribution in [1.82, 2.24) is 5.48 Å². The van der Waals surface area contributed by atoms with Crippen LogP contribution in [0.3, 0.4) is 0 Å². The molecule has 0 saturated carbocycles. The summed E-state index contributed by atoms with van der Waals surface area (Å²) < 4.78 is 4.32. The van der Waals surface area contributed by atoms with Gasteiger partial charge in [-0.2, -0.15) is 0 Å². The summed E-state index contributed by atoms with van der Waals surface area (Å²) in [5.74, 6) is -2.29. The molecule has 0 aromatic carbocycles. The van der Waals surface area contributed by atoms with Gasteiger partial charge in [-0.25, -0.2) is 5.48 Å². The largest absolute Gasteiger partial charge is 0.468 e. The van der Waals surface area contributed by atoms with E-state index in [2.05, 4.69) is 4.74 Å². The van der Waals surface area contributed by atoms with E-state index in [1.165, 1.54) is 12.6 Å². The average Bonchev–Trinajstić information content (AvgIpc) is 2.05. The maximum absolute atomic E-state index is 10.7. The third-order valence-electron chi connectivity index (χ3n) is 1.32. The molecule has 0 aromatic rings. The number of methoxy groups -OCH3 is 1. The van der Waals surface area contributed by atoms with Crippen molar-refractivity contribution in [3.05, 3.63) is 0 Å². The Morgan fingerprint density at radius 3 is 2.45 bits per heavy atom. The Balaban J connectivity index is 4.15. The minimum absolute atomic E-state index is 0.305. The molecule has 2 N–H and O–H groups in total. The number of carbonyl (C=O) groups excluding carboxylic acids is 2. The SMILES string of the molecule is CCC(C(=O)NO)C(=O)OC. The predicted molar refractivity (Wildman–Crippen MR) is 35.7 cm³/mol. The van der Waals surface area contributed by atoms with Gasteiger partial charge in [-0.15, -0.1) is 0 Å². The minimum Gasteiger partial charge on any atom is -0.468 e. The number of carbonyl (C=O) groups is 2. The maximum atomic E-state index is 10.7. The Hall–Kier alpha value is -1.10. The summed E-state index contributed by atoms with van der Waals surface area (Å²) in [6.07, 6.45) is 0.305. The molecule has 0 saturated heterocycles. The molecule has 0 aliphatic carbocycles. The first-order valence-electron chi connectivity index (χ1n) is 3.19. The molecule has 11 heavy (non-hydrogen) atoms. The fourth-order valence-electron chi connectivity index (χ4n) is 0.679. The van der Waals surface area contributed by atoms with Crippen LogP contribution in [0.2, 0.25) is 0 Å². The van der Waals surface area contributed by atoms with Crippen molar-refractivity contribution in [2.45, 2.75) is 13.3 Å². The van der Waals surface area contributed by atoms with Crippen LogP contribution in [0, 0.1) is 5.92 Å². The normalized spacial score (nSPS) is 11.9. The lowest BCUT2D eigenvalue weighted by Crippen LogP contribution is -2.33. The number of hydrogen-bond acceptors (Lipinski definition) is 4. The van der Waals surface area contributed by atoms with E-state index in [1.807, 2.05) is 0 Å². The summed E-state index contributed by atoms with van der Waals surface area (Å²) in [6, 6.07) is 0. The smallest absolute Gasteiger partial charge is 0.318 e. The zero-order chi connectivity index (χ0) is 8.85. The first-order chi connectivity index (χ1) is 5.17. The summed E-state index contributed by atoms with van der Waals surface area (Å²) in [7, 11) is 1.19. The second-order valence-electron chi connectivity index (χ2n) is 1.96. The Kier molecular flexibility index (Phi) is 4.21. The van der Waals surface area contributed by atoms with E-state index in [-0.39, 0.29) is 0 Å². The summed E-state index contributed by atoms with van der Waals surface area (Å²) in [5, 5.41) is 8.17. The number of rotatable bonds is 3. The molecule has 1 atom stereocenters. The van der Waals surface area contributed by atoms with Crippen molar-refractivity contribution in [2.24, 2.45) is 5.92 Å². The van der Waals surface area contributed by atoms with Crippen molar-refractivity contribution in [1.29, 1.82) is 0 Å². The second kappa shape index (κ2) is 4.68. The molecular weight excluding hydrogens is 150 g/mol. The van der Waals surface area contributed by atoms with Gasteiger partial charge in [-0.1, -0.05) is 6.92 Å². The molecule has 5 nitrogen and oxygen atoms in total. The van der Waals surface area contributed by atoms with E-state index in [0.717, 1.165) is 0 Å². The lowest BCUT2D eigenvalue weighted by molar-refractivity contribution is -0.152. The lowest BCUT2D eigenvalue weighted by atomic mass is 10.1. The topological polar surface area (TPSA) is 75.6 Å². The van der Waals surface area contributed by atoms with Crippen LogP contribution in [-0.2, 0) is 14.3 Å². The Morgan fingerprint density at radius 2 is 2.18 bits per heavy atom. The van der Waals surface area contributed by atoms with E-state index in [1.54, 1.807) is 6.92 Å². The average molecular weight is 161 g/mol. The number of esters is 1. The molecule has 0 spiro atoms. The summed E-state index contributed by atoms with van der Waals surface area (Å²) in [6.45, 7) is 1.65. The van der Waals surface area contributed by atoms with Gasteiger partial charge in [-0.3, -0.25) is 14.8 Å². The first kappa shape index (κ1) is 9.90. The first-order valence-corrected chi connectivity index (χ1v) is 3.19. The van der Waals surface area contributed by atoms with E-state index < -0.39 is 17.8 Å². The fourth-order valence-corrected chi connectivity index (χ4v) is 0.679. The van der Waals surface area contributed by atoms with Gasteiger partial charge in [0.1, 0.15) is 5.92 Å². The molecule has 0 heterocycles. The second-order valence-corrected chi connectivity index (χ2v) is 1.96. The van der Waals surface area contributed by atoms with Crippen molar-refractivity contribution in [3.63, 3.8) is 0 Å². The van der Waals surface area contributed by atoms with Gasteiger partial charge in [0.25, 0.3) is 5.91 Å². The Labute approximate surface area is 64.3 Å². The van der Waals surface area contributed by atoms with Crippen LogP contribution in [0.5, 0.6) is 0 Å². The van der Waals surface area contributed by atoms with Crippen LogP contribution in [-0.4, -0.2) is 24.2 Å². The zero-order valence-corrected chi connectivity index (χ0v) is 6.46. The molecule has 0 radical (unpaired) electrons. The number of hydroxylamine groups is 1. The summed E-state index contributed by atoms with van der Waals surface area (Å²) in [4.78, 5) is 21.4. The van der Waals surface area contributed by atoms with Gasteiger partial charge in [0.15, 0.2) is 0 Å². The van der Waals surface area contributed by atoms with Gasteiger partial charge in [-0.05, 0) is 6.42 Å². The van der Waals surface area contributed by atoms with Crippen LogP contribution < -0.4 is 5.48 Å². The van der Waals surface area contributed by atoms with Crippen LogP contribution in [0.1, 0.15) is 13.3 Å². The molecule has 0 aliphatic heterocycles. The van der Waals surface area contributed by atoms with Gasteiger partial charge in [0.2, 0.25) is 0 Å². The third kappa shape index (κ3) is 2.55. The number of ether oxygens (including phenoxy) is 1. The fraction of sp³-hybridized carbons (Fsp3) is 0.667. The predicted octanol–water partition coefficient (Wildman–Crippen LogP) is -0.309. The zero-order valence-electron chi connectivity index (χ0n) is 6.46. The molecule has 1 unspecified atom stereocenters. The van der Waals surface area contributed by atoms with Gasteiger partial charge < -0.3 is 4.74 Å².